The maximum Gasteiger partial charge on any atom is 0.322 e. The molecule has 0 bridgehead atoms. The first kappa shape index (κ1) is 24.8. The Balaban J connectivity index is 1.75. The number of nitrogens with zero attached hydrogens (tertiary/aromatic N) is 1. The first-order valence-corrected chi connectivity index (χ1v) is 11.2. The molecule has 0 aliphatic rings. The minimum Gasteiger partial charge on any atom is -0.497 e. The van der Waals surface area contributed by atoms with Crippen molar-refractivity contribution in [2.75, 3.05) is 39.8 Å². The largest absolute Gasteiger partial charge is 0.497 e. The summed E-state index contributed by atoms with van der Waals surface area (Å²) in [5.41, 5.74) is 2.76. The topological polar surface area (TPSA) is 69.3 Å². The number of rotatable bonds is 11. The lowest BCUT2D eigenvalue weighted by molar-refractivity contribution is 0.209. The Hall–Kier alpha value is -3.87. The summed E-state index contributed by atoms with van der Waals surface area (Å²) in [6.07, 6.45) is 0.660. The number of carbonyl (C=O) groups excluding carboxylic acids is 1. The number of nitrogens with one attached hydrogen (secondary N) is 1. The lowest BCUT2D eigenvalue weighted by Crippen LogP contribution is -2.36. The van der Waals surface area contributed by atoms with Crippen LogP contribution in [0.5, 0.6) is 23.0 Å². The summed E-state index contributed by atoms with van der Waals surface area (Å²) in [5.74, 6) is 2.89. The second-order valence-electron chi connectivity index (χ2n) is 7.60. The van der Waals surface area contributed by atoms with Crippen LogP contribution in [0.1, 0.15) is 18.1 Å². The Morgan fingerprint density at radius 2 is 1.44 bits per heavy atom. The number of ether oxygens (including phenoxy) is 4. The summed E-state index contributed by atoms with van der Waals surface area (Å²) in [5, 5.41) is 2.98. The molecule has 3 aromatic rings. The van der Waals surface area contributed by atoms with Crippen LogP contribution in [0.25, 0.3) is 0 Å². The van der Waals surface area contributed by atoms with Gasteiger partial charge in [-0.1, -0.05) is 18.2 Å². The standard InChI is InChI=1S/C27H32N2O5/c1-5-34-24-11-6-21(7-12-24)19-29(27(30)28-22-9-13-23(31-2)14-10-22)17-16-20-8-15-25(32-3)26(18-20)33-4/h6-15,18H,5,16-17,19H2,1-4H3,(H,28,30). The van der Waals surface area contributed by atoms with Crippen LogP contribution in [0.15, 0.2) is 66.7 Å². The van der Waals surface area contributed by atoms with Gasteiger partial charge in [0, 0.05) is 18.8 Å². The lowest BCUT2D eigenvalue weighted by Gasteiger charge is -2.24. The van der Waals surface area contributed by atoms with Crippen LogP contribution in [0.4, 0.5) is 10.5 Å². The average molecular weight is 465 g/mol. The van der Waals surface area contributed by atoms with Crippen molar-refractivity contribution in [1.29, 1.82) is 0 Å². The van der Waals surface area contributed by atoms with E-state index >= 15 is 0 Å². The highest BCUT2D eigenvalue weighted by atomic mass is 16.5. The fourth-order valence-electron chi connectivity index (χ4n) is 3.51. The molecule has 0 saturated carbocycles. The molecule has 0 radical (unpaired) electrons. The average Bonchev–Trinajstić information content (AvgIpc) is 2.87. The second kappa shape index (κ2) is 12.4. The van der Waals surface area contributed by atoms with E-state index in [1.807, 2.05) is 73.7 Å². The SMILES string of the molecule is CCOc1ccc(CN(CCc2ccc(OC)c(OC)c2)C(=O)Nc2ccc(OC)cc2)cc1. The molecule has 7 nitrogen and oxygen atoms in total. The second-order valence-corrected chi connectivity index (χ2v) is 7.60. The van der Waals surface area contributed by atoms with Gasteiger partial charge in [-0.25, -0.2) is 4.79 Å². The zero-order valence-corrected chi connectivity index (χ0v) is 20.2. The Morgan fingerprint density at radius 3 is 2.06 bits per heavy atom. The number of benzene rings is 3. The molecule has 0 heterocycles. The molecule has 0 unspecified atom stereocenters. The molecule has 0 aliphatic carbocycles. The highest BCUT2D eigenvalue weighted by molar-refractivity contribution is 5.89. The number of hydrogen-bond acceptors (Lipinski definition) is 5. The smallest absolute Gasteiger partial charge is 0.322 e. The summed E-state index contributed by atoms with van der Waals surface area (Å²) in [6.45, 7) is 3.54. The van der Waals surface area contributed by atoms with Crippen LogP contribution in [0.2, 0.25) is 0 Å². The van der Waals surface area contributed by atoms with E-state index in [0.717, 1.165) is 22.6 Å². The van der Waals surface area contributed by atoms with Crippen molar-refractivity contribution < 1.29 is 23.7 Å². The normalized spacial score (nSPS) is 10.4. The van der Waals surface area contributed by atoms with Gasteiger partial charge in [0.05, 0.1) is 27.9 Å². The van der Waals surface area contributed by atoms with Gasteiger partial charge >= 0.3 is 6.03 Å². The number of anilines is 1. The molecule has 0 fully saturated rings. The molecule has 0 aromatic heterocycles. The number of amides is 2. The van der Waals surface area contributed by atoms with E-state index < -0.39 is 0 Å². The third-order valence-corrected chi connectivity index (χ3v) is 5.35. The van der Waals surface area contributed by atoms with Crippen LogP contribution in [-0.4, -0.2) is 45.4 Å². The number of methoxy groups -OCH3 is 3. The quantitative estimate of drug-likeness (QED) is 0.412. The van der Waals surface area contributed by atoms with E-state index in [1.165, 1.54) is 0 Å². The molecule has 3 rings (SSSR count). The summed E-state index contributed by atoms with van der Waals surface area (Å²) < 4.78 is 21.5. The van der Waals surface area contributed by atoms with Crippen LogP contribution in [-0.2, 0) is 13.0 Å². The van der Waals surface area contributed by atoms with Gasteiger partial charge in [-0.15, -0.1) is 0 Å². The molecule has 0 aliphatic heterocycles. The Labute approximate surface area is 201 Å². The van der Waals surface area contributed by atoms with E-state index in [0.29, 0.717) is 43.3 Å². The number of urea groups is 1. The maximum absolute atomic E-state index is 13.2. The summed E-state index contributed by atoms with van der Waals surface area (Å²) >= 11 is 0. The lowest BCUT2D eigenvalue weighted by atomic mass is 10.1. The van der Waals surface area contributed by atoms with Crippen molar-refractivity contribution in [2.45, 2.75) is 19.9 Å². The van der Waals surface area contributed by atoms with E-state index in [1.54, 1.807) is 26.2 Å². The molecular weight excluding hydrogens is 432 g/mol. The van der Waals surface area contributed by atoms with Gasteiger partial charge < -0.3 is 29.2 Å². The minimum atomic E-state index is -0.181. The zero-order chi connectivity index (χ0) is 24.3. The third kappa shape index (κ3) is 6.81. The number of carbonyl (C=O) groups is 1. The van der Waals surface area contributed by atoms with Crippen molar-refractivity contribution in [3.05, 3.63) is 77.9 Å². The highest BCUT2D eigenvalue weighted by Crippen LogP contribution is 2.28. The molecule has 0 spiro atoms. The van der Waals surface area contributed by atoms with Gasteiger partial charge in [0.25, 0.3) is 0 Å². The van der Waals surface area contributed by atoms with Gasteiger partial charge in [0.2, 0.25) is 0 Å². The molecule has 3 aromatic carbocycles. The van der Waals surface area contributed by atoms with Crippen LogP contribution in [0, 0.1) is 0 Å². The van der Waals surface area contributed by atoms with Gasteiger partial charge in [-0.05, 0) is 73.0 Å². The maximum atomic E-state index is 13.2. The first-order chi connectivity index (χ1) is 16.6. The van der Waals surface area contributed by atoms with Crippen LogP contribution < -0.4 is 24.3 Å². The monoisotopic (exact) mass is 464 g/mol. The van der Waals surface area contributed by atoms with Crippen molar-refractivity contribution in [1.82, 2.24) is 4.90 Å². The van der Waals surface area contributed by atoms with Crippen molar-refractivity contribution in [3.63, 3.8) is 0 Å². The summed E-state index contributed by atoms with van der Waals surface area (Å²) in [6, 6.07) is 20.7. The first-order valence-electron chi connectivity index (χ1n) is 11.2. The van der Waals surface area contributed by atoms with E-state index in [-0.39, 0.29) is 6.03 Å². The van der Waals surface area contributed by atoms with E-state index in [4.69, 9.17) is 18.9 Å². The molecule has 2 amide bonds. The van der Waals surface area contributed by atoms with Gasteiger partial charge in [0.15, 0.2) is 11.5 Å². The number of hydrogen-bond donors (Lipinski definition) is 1. The van der Waals surface area contributed by atoms with E-state index in [2.05, 4.69) is 5.32 Å². The molecule has 180 valence electrons. The molecule has 0 saturated heterocycles. The molecular formula is C27H32N2O5. The van der Waals surface area contributed by atoms with Gasteiger partial charge in [-0.2, -0.15) is 0 Å². The molecule has 7 heteroatoms. The van der Waals surface area contributed by atoms with Crippen LogP contribution >= 0.6 is 0 Å². The Bertz CT molecular complexity index is 1050. The summed E-state index contributed by atoms with van der Waals surface area (Å²) in [4.78, 5) is 15.0. The Kier molecular flexibility index (Phi) is 9.03. The minimum absolute atomic E-state index is 0.181. The van der Waals surface area contributed by atoms with Crippen molar-refractivity contribution in [3.8, 4) is 23.0 Å². The summed E-state index contributed by atoms with van der Waals surface area (Å²) in [7, 11) is 4.84. The molecule has 34 heavy (non-hydrogen) atoms. The van der Waals surface area contributed by atoms with Gasteiger partial charge in [0.1, 0.15) is 11.5 Å². The van der Waals surface area contributed by atoms with Crippen LogP contribution in [0.3, 0.4) is 0 Å². The third-order valence-electron chi connectivity index (χ3n) is 5.35. The Morgan fingerprint density at radius 1 is 0.794 bits per heavy atom. The molecule has 0 atom stereocenters. The zero-order valence-electron chi connectivity index (χ0n) is 20.2. The molecule has 1 N–H and O–H groups in total. The van der Waals surface area contributed by atoms with Gasteiger partial charge in [-0.3, -0.25) is 0 Å². The fraction of sp³-hybridized carbons (Fsp3) is 0.296. The van der Waals surface area contributed by atoms with Crippen molar-refractivity contribution in [2.24, 2.45) is 0 Å². The fourth-order valence-corrected chi connectivity index (χ4v) is 3.51. The van der Waals surface area contributed by atoms with E-state index in [9.17, 15) is 4.79 Å². The predicted octanol–water partition coefficient (Wildman–Crippen LogP) is 5.39. The highest BCUT2D eigenvalue weighted by Gasteiger charge is 2.16. The van der Waals surface area contributed by atoms with Crippen molar-refractivity contribution >= 4 is 11.7 Å². The predicted molar refractivity (Wildman–Crippen MR) is 133 cm³/mol.